The van der Waals surface area contributed by atoms with Crippen LogP contribution in [0.3, 0.4) is 0 Å². The third-order valence-electron chi connectivity index (χ3n) is 3.36. The molecular formula is C13H17NO2. The highest BCUT2D eigenvalue weighted by Crippen LogP contribution is 2.29. The number of ether oxygens (including phenoxy) is 2. The average Bonchev–Trinajstić information content (AvgIpc) is 3.11. The van der Waals surface area contributed by atoms with E-state index in [1.807, 2.05) is 0 Å². The zero-order valence-corrected chi connectivity index (χ0v) is 9.53. The van der Waals surface area contributed by atoms with E-state index < -0.39 is 0 Å². The van der Waals surface area contributed by atoms with Gasteiger partial charge in [-0.1, -0.05) is 12.1 Å². The second-order valence-corrected chi connectivity index (χ2v) is 4.75. The first kappa shape index (κ1) is 10.1. The first-order chi connectivity index (χ1) is 7.74. The standard InChI is InChI=1S/C13H17NO2/c1-8-2-3-9(4-10-6-15-10)12(13(8)14)5-11-7-16-11/h2-3,10-11H,4-7,14H2,1H3. The summed E-state index contributed by atoms with van der Waals surface area (Å²) in [5.74, 6) is 0. The quantitative estimate of drug-likeness (QED) is 0.616. The molecule has 0 bridgehead atoms. The van der Waals surface area contributed by atoms with Gasteiger partial charge >= 0.3 is 0 Å². The molecule has 0 spiro atoms. The smallest absolute Gasteiger partial charge is 0.0851 e. The van der Waals surface area contributed by atoms with Crippen molar-refractivity contribution in [3.63, 3.8) is 0 Å². The molecule has 1 aromatic carbocycles. The molecule has 0 radical (unpaired) electrons. The van der Waals surface area contributed by atoms with Gasteiger partial charge in [-0.3, -0.25) is 0 Å². The molecule has 2 unspecified atom stereocenters. The summed E-state index contributed by atoms with van der Waals surface area (Å²) in [7, 11) is 0. The van der Waals surface area contributed by atoms with Crippen molar-refractivity contribution in [2.45, 2.75) is 32.0 Å². The number of anilines is 1. The Morgan fingerprint density at radius 3 is 2.44 bits per heavy atom. The molecule has 0 saturated carbocycles. The summed E-state index contributed by atoms with van der Waals surface area (Å²) in [4.78, 5) is 0. The van der Waals surface area contributed by atoms with E-state index in [1.165, 1.54) is 11.1 Å². The van der Waals surface area contributed by atoms with Gasteiger partial charge in [-0.25, -0.2) is 0 Å². The van der Waals surface area contributed by atoms with Crippen LogP contribution in [0.1, 0.15) is 16.7 Å². The molecule has 2 saturated heterocycles. The number of nitrogens with two attached hydrogens (primary N) is 1. The van der Waals surface area contributed by atoms with Crippen molar-refractivity contribution in [1.29, 1.82) is 0 Å². The Morgan fingerprint density at radius 1 is 1.19 bits per heavy atom. The van der Waals surface area contributed by atoms with E-state index in [0.29, 0.717) is 12.2 Å². The van der Waals surface area contributed by atoms with Gasteiger partial charge in [0.25, 0.3) is 0 Å². The fourth-order valence-electron chi connectivity index (χ4n) is 2.10. The van der Waals surface area contributed by atoms with Gasteiger partial charge in [-0.2, -0.15) is 0 Å². The van der Waals surface area contributed by atoms with Crippen molar-refractivity contribution in [1.82, 2.24) is 0 Å². The van der Waals surface area contributed by atoms with Crippen LogP contribution in [0.4, 0.5) is 5.69 Å². The van der Waals surface area contributed by atoms with Crippen LogP contribution in [0.15, 0.2) is 12.1 Å². The highest BCUT2D eigenvalue weighted by Gasteiger charge is 2.28. The number of hydrogen-bond donors (Lipinski definition) is 1. The predicted molar refractivity (Wildman–Crippen MR) is 62.5 cm³/mol. The van der Waals surface area contributed by atoms with Gasteiger partial charge in [-0.15, -0.1) is 0 Å². The maximum absolute atomic E-state index is 6.16. The lowest BCUT2D eigenvalue weighted by molar-refractivity contribution is 0.402. The summed E-state index contributed by atoms with van der Waals surface area (Å²) in [6.45, 7) is 3.84. The van der Waals surface area contributed by atoms with Gasteiger partial charge in [0.15, 0.2) is 0 Å². The van der Waals surface area contributed by atoms with Crippen LogP contribution in [0.25, 0.3) is 0 Å². The fourth-order valence-corrected chi connectivity index (χ4v) is 2.10. The molecule has 16 heavy (non-hydrogen) atoms. The Hall–Kier alpha value is -1.06. The Balaban J connectivity index is 1.89. The minimum absolute atomic E-state index is 0.392. The molecule has 2 N–H and O–H groups in total. The zero-order chi connectivity index (χ0) is 11.1. The van der Waals surface area contributed by atoms with Gasteiger partial charge in [0.05, 0.1) is 25.4 Å². The van der Waals surface area contributed by atoms with Crippen molar-refractivity contribution in [2.75, 3.05) is 18.9 Å². The van der Waals surface area contributed by atoms with E-state index >= 15 is 0 Å². The van der Waals surface area contributed by atoms with Gasteiger partial charge in [0.2, 0.25) is 0 Å². The maximum Gasteiger partial charge on any atom is 0.0851 e. The molecule has 2 heterocycles. The highest BCUT2D eigenvalue weighted by atomic mass is 16.6. The van der Waals surface area contributed by atoms with Crippen LogP contribution < -0.4 is 5.73 Å². The molecule has 0 amide bonds. The molecule has 86 valence electrons. The van der Waals surface area contributed by atoms with Gasteiger partial charge in [0, 0.05) is 18.5 Å². The molecule has 3 rings (SSSR count). The molecular weight excluding hydrogens is 202 g/mol. The van der Waals surface area contributed by atoms with Crippen molar-refractivity contribution >= 4 is 5.69 Å². The third-order valence-corrected chi connectivity index (χ3v) is 3.36. The Kier molecular flexibility index (Phi) is 2.37. The summed E-state index contributed by atoms with van der Waals surface area (Å²) < 4.78 is 10.6. The number of benzene rings is 1. The topological polar surface area (TPSA) is 51.1 Å². The second kappa shape index (κ2) is 3.75. The predicted octanol–water partition coefficient (Wildman–Crippen LogP) is 1.46. The second-order valence-electron chi connectivity index (χ2n) is 4.75. The van der Waals surface area contributed by atoms with Gasteiger partial charge in [-0.05, 0) is 23.6 Å². The van der Waals surface area contributed by atoms with Crippen LogP contribution >= 0.6 is 0 Å². The van der Waals surface area contributed by atoms with Crippen LogP contribution in [0, 0.1) is 6.92 Å². The molecule has 3 nitrogen and oxygen atoms in total. The van der Waals surface area contributed by atoms with Crippen molar-refractivity contribution in [2.24, 2.45) is 0 Å². The molecule has 2 atom stereocenters. The minimum Gasteiger partial charge on any atom is -0.398 e. The molecule has 3 heteroatoms. The summed E-state index contributed by atoms with van der Waals surface area (Å²) in [6, 6.07) is 4.29. The van der Waals surface area contributed by atoms with Crippen molar-refractivity contribution in [3.05, 3.63) is 28.8 Å². The summed E-state index contributed by atoms with van der Waals surface area (Å²) in [5.41, 5.74) is 10.9. The number of nitrogen functional groups attached to an aromatic ring is 1. The number of rotatable bonds is 4. The Bertz CT molecular complexity index is 409. The molecule has 0 aliphatic carbocycles. The van der Waals surface area contributed by atoms with Crippen molar-refractivity contribution in [3.8, 4) is 0 Å². The van der Waals surface area contributed by atoms with Gasteiger partial charge in [0.1, 0.15) is 0 Å². The van der Waals surface area contributed by atoms with Crippen LogP contribution in [-0.2, 0) is 22.3 Å². The summed E-state index contributed by atoms with van der Waals surface area (Å²) in [6.07, 6.45) is 2.76. The van der Waals surface area contributed by atoms with Crippen LogP contribution in [0.2, 0.25) is 0 Å². The van der Waals surface area contributed by atoms with E-state index in [4.69, 9.17) is 15.2 Å². The van der Waals surface area contributed by atoms with Gasteiger partial charge < -0.3 is 15.2 Å². The Morgan fingerprint density at radius 2 is 1.81 bits per heavy atom. The summed E-state index contributed by atoms with van der Waals surface area (Å²) >= 11 is 0. The lowest BCUT2D eigenvalue weighted by Gasteiger charge is -2.13. The minimum atomic E-state index is 0.392. The molecule has 2 aliphatic heterocycles. The van der Waals surface area contributed by atoms with E-state index in [0.717, 1.165) is 37.3 Å². The number of aryl methyl sites for hydroxylation is 1. The molecule has 0 aromatic heterocycles. The normalized spacial score (nSPS) is 26.8. The van der Waals surface area contributed by atoms with Crippen molar-refractivity contribution < 1.29 is 9.47 Å². The van der Waals surface area contributed by atoms with E-state index in [9.17, 15) is 0 Å². The van der Waals surface area contributed by atoms with E-state index in [-0.39, 0.29) is 0 Å². The van der Waals surface area contributed by atoms with E-state index in [1.54, 1.807) is 0 Å². The largest absolute Gasteiger partial charge is 0.398 e. The third kappa shape index (κ3) is 2.06. The number of hydrogen-bond acceptors (Lipinski definition) is 3. The first-order valence-electron chi connectivity index (χ1n) is 5.84. The fraction of sp³-hybridized carbons (Fsp3) is 0.538. The van der Waals surface area contributed by atoms with E-state index in [2.05, 4.69) is 19.1 Å². The molecule has 2 fully saturated rings. The first-order valence-corrected chi connectivity index (χ1v) is 5.84. The summed E-state index contributed by atoms with van der Waals surface area (Å²) in [5, 5.41) is 0. The lowest BCUT2D eigenvalue weighted by atomic mass is 9.95. The highest BCUT2D eigenvalue weighted by molar-refractivity contribution is 5.57. The monoisotopic (exact) mass is 219 g/mol. The Labute approximate surface area is 95.5 Å². The molecule has 1 aromatic rings. The lowest BCUT2D eigenvalue weighted by Crippen LogP contribution is -2.07. The number of epoxide rings is 2. The SMILES string of the molecule is Cc1ccc(CC2CO2)c(CC2CO2)c1N. The van der Waals surface area contributed by atoms with Crippen LogP contribution in [-0.4, -0.2) is 25.4 Å². The molecule has 2 aliphatic rings. The zero-order valence-electron chi connectivity index (χ0n) is 9.53. The maximum atomic E-state index is 6.16. The average molecular weight is 219 g/mol. The van der Waals surface area contributed by atoms with Crippen LogP contribution in [0.5, 0.6) is 0 Å².